The molecule has 1 aliphatic rings. The van der Waals surface area contributed by atoms with Crippen LogP contribution in [0.1, 0.15) is 36.7 Å². The molecule has 0 fully saturated rings. The van der Waals surface area contributed by atoms with Gasteiger partial charge >= 0.3 is 0 Å². The molecule has 0 aliphatic carbocycles. The third-order valence-corrected chi connectivity index (χ3v) is 4.47. The molecule has 3 nitrogen and oxygen atoms in total. The smallest absolute Gasteiger partial charge is 0.277 e. The minimum Gasteiger partial charge on any atom is -0.294 e. The number of Topliss-reactive ketones (excluding diaryl/α,β-unsaturated/α-hetero) is 1. The van der Waals surface area contributed by atoms with Crippen LogP contribution in [0.5, 0.6) is 0 Å². The van der Waals surface area contributed by atoms with Crippen molar-refractivity contribution in [2.24, 2.45) is 5.92 Å². The van der Waals surface area contributed by atoms with E-state index in [1.807, 2.05) is 48.5 Å². The molecular formula is C21H25N2O+. The zero-order chi connectivity index (χ0) is 17.2. The van der Waals surface area contributed by atoms with Gasteiger partial charge in [0.25, 0.3) is 5.84 Å². The fourth-order valence-electron chi connectivity index (χ4n) is 3.17. The first kappa shape index (κ1) is 16.4. The minimum absolute atomic E-state index is 0.0425. The lowest BCUT2D eigenvalue weighted by Gasteiger charge is -2.31. The van der Waals surface area contributed by atoms with E-state index in [-0.39, 0.29) is 17.2 Å². The first-order valence-electron chi connectivity index (χ1n) is 8.50. The molecule has 1 heterocycles. The third-order valence-electron chi connectivity index (χ3n) is 4.47. The molecule has 24 heavy (non-hydrogen) atoms. The van der Waals surface area contributed by atoms with Gasteiger partial charge in [-0.3, -0.25) is 14.7 Å². The Morgan fingerprint density at radius 2 is 1.58 bits per heavy atom. The van der Waals surface area contributed by atoms with Crippen LogP contribution in [0.4, 0.5) is 0 Å². The Morgan fingerprint density at radius 1 is 1.00 bits per heavy atom. The quantitative estimate of drug-likeness (QED) is 0.694. The van der Waals surface area contributed by atoms with E-state index >= 15 is 0 Å². The lowest BCUT2D eigenvalue weighted by atomic mass is 9.93. The van der Waals surface area contributed by atoms with E-state index in [4.69, 9.17) is 0 Å². The predicted molar refractivity (Wildman–Crippen MR) is 97.7 cm³/mol. The van der Waals surface area contributed by atoms with E-state index in [1.165, 1.54) is 0 Å². The Balaban J connectivity index is 1.94. The van der Waals surface area contributed by atoms with Crippen molar-refractivity contribution in [1.82, 2.24) is 5.32 Å². The number of hydrogen-bond acceptors (Lipinski definition) is 2. The van der Waals surface area contributed by atoms with Gasteiger partial charge in [-0.2, -0.15) is 0 Å². The number of rotatable bonds is 3. The number of hydrogen-bond donors (Lipinski definition) is 1. The molecule has 1 atom stereocenters. The summed E-state index contributed by atoms with van der Waals surface area (Å²) in [5.74, 6) is 1.28. The van der Waals surface area contributed by atoms with Gasteiger partial charge < -0.3 is 0 Å². The van der Waals surface area contributed by atoms with Crippen LogP contribution in [-0.4, -0.2) is 34.8 Å². The SMILES string of the molecule is CC(C)(C)[N+]1=C(c2ccccc2)NCC(C(=O)c2ccccc2)C1. The molecule has 1 aliphatic heterocycles. The molecule has 0 saturated heterocycles. The van der Waals surface area contributed by atoms with Gasteiger partial charge in [0.15, 0.2) is 5.78 Å². The van der Waals surface area contributed by atoms with Crippen molar-refractivity contribution in [3.05, 3.63) is 71.8 Å². The predicted octanol–water partition coefficient (Wildman–Crippen LogP) is 3.35. The van der Waals surface area contributed by atoms with Crippen LogP contribution in [0.15, 0.2) is 60.7 Å². The minimum atomic E-state index is -0.0617. The molecule has 0 saturated carbocycles. The van der Waals surface area contributed by atoms with Crippen LogP contribution in [0, 0.1) is 5.92 Å². The Labute approximate surface area is 144 Å². The summed E-state index contributed by atoms with van der Waals surface area (Å²) in [6.45, 7) is 7.96. The van der Waals surface area contributed by atoms with E-state index in [0.717, 1.165) is 23.5 Å². The van der Waals surface area contributed by atoms with Crippen molar-refractivity contribution in [2.75, 3.05) is 13.1 Å². The van der Waals surface area contributed by atoms with Crippen LogP contribution in [0.3, 0.4) is 0 Å². The number of ketones is 1. The Morgan fingerprint density at radius 3 is 2.17 bits per heavy atom. The normalized spacial score (nSPS) is 18.2. The second kappa shape index (κ2) is 6.60. The topological polar surface area (TPSA) is 32.1 Å². The molecular weight excluding hydrogens is 296 g/mol. The molecule has 3 heteroatoms. The van der Waals surface area contributed by atoms with Gasteiger partial charge in [-0.05, 0) is 32.9 Å². The molecule has 3 rings (SSSR count). The van der Waals surface area contributed by atoms with Gasteiger partial charge in [-0.25, -0.2) is 0 Å². The summed E-state index contributed by atoms with van der Waals surface area (Å²) in [5.41, 5.74) is 1.90. The average molecular weight is 321 g/mol. The van der Waals surface area contributed by atoms with Crippen molar-refractivity contribution in [3.63, 3.8) is 0 Å². The summed E-state index contributed by atoms with van der Waals surface area (Å²) >= 11 is 0. The standard InChI is InChI=1S/C21H24N2O/c1-21(2,3)23-15-18(19(24)16-10-6-4-7-11-16)14-22-20(23)17-12-8-5-9-13-17/h4-13,18H,14-15H2,1-3H3/p+1. The number of benzene rings is 2. The van der Waals surface area contributed by atoms with Crippen LogP contribution in [-0.2, 0) is 0 Å². The van der Waals surface area contributed by atoms with E-state index in [0.29, 0.717) is 6.54 Å². The second-order valence-electron chi connectivity index (χ2n) is 7.30. The Kier molecular flexibility index (Phi) is 4.52. The average Bonchev–Trinajstić information content (AvgIpc) is 2.61. The second-order valence-corrected chi connectivity index (χ2v) is 7.30. The molecule has 0 radical (unpaired) electrons. The van der Waals surface area contributed by atoms with E-state index in [9.17, 15) is 4.79 Å². The first-order valence-corrected chi connectivity index (χ1v) is 8.50. The largest absolute Gasteiger partial charge is 0.294 e. The van der Waals surface area contributed by atoms with E-state index in [2.05, 4.69) is 42.8 Å². The van der Waals surface area contributed by atoms with Crippen molar-refractivity contribution >= 4 is 11.6 Å². The fourth-order valence-corrected chi connectivity index (χ4v) is 3.17. The van der Waals surface area contributed by atoms with Gasteiger partial charge in [-0.15, -0.1) is 0 Å². The number of nitrogens with one attached hydrogen (secondary N) is 1. The molecule has 0 spiro atoms. The first-order chi connectivity index (χ1) is 11.5. The number of amidine groups is 1. The molecule has 2 aromatic carbocycles. The highest BCUT2D eigenvalue weighted by molar-refractivity contribution is 6.00. The summed E-state index contributed by atoms with van der Waals surface area (Å²) in [6, 6.07) is 19.9. The molecule has 1 unspecified atom stereocenters. The molecule has 124 valence electrons. The van der Waals surface area contributed by atoms with Crippen molar-refractivity contribution in [1.29, 1.82) is 0 Å². The van der Waals surface area contributed by atoms with Crippen LogP contribution >= 0.6 is 0 Å². The number of carbonyl (C=O) groups is 1. The maximum Gasteiger partial charge on any atom is 0.277 e. The van der Waals surface area contributed by atoms with Gasteiger partial charge in [0, 0.05) is 5.56 Å². The maximum absolute atomic E-state index is 12.8. The molecule has 0 amide bonds. The summed E-state index contributed by atoms with van der Waals surface area (Å²) in [5, 5.41) is 3.51. The van der Waals surface area contributed by atoms with Crippen LogP contribution in [0.25, 0.3) is 0 Å². The zero-order valence-corrected chi connectivity index (χ0v) is 14.6. The number of carbonyl (C=O) groups excluding carboxylic acids is 1. The van der Waals surface area contributed by atoms with Crippen molar-refractivity contribution in [2.45, 2.75) is 26.3 Å². The van der Waals surface area contributed by atoms with Gasteiger partial charge in [0.05, 0.1) is 30.1 Å². The highest BCUT2D eigenvalue weighted by Crippen LogP contribution is 2.19. The molecule has 0 bridgehead atoms. The zero-order valence-electron chi connectivity index (χ0n) is 14.6. The van der Waals surface area contributed by atoms with Crippen molar-refractivity contribution < 1.29 is 9.37 Å². The summed E-state index contributed by atoms with van der Waals surface area (Å²) in [7, 11) is 0. The Bertz CT molecular complexity index is 742. The lowest BCUT2D eigenvalue weighted by molar-refractivity contribution is -0.604. The van der Waals surface area contributed by atoms with E-state index < -0.39 is 0 Å². The van der Waals surface area contributed by atoms with Crippen LogP contribution < -0.4 is 5.32 Å². The maximum atomic E-state index is 12.8. The Hall–Kier alpha value is -2.42. The highest BCUT2D eigenvalue weighted by Gasteiger charge is 2.36. The lowest BCUT2D eigenvalue weighted by Crippen LogP contribution is -2.54. The van der Waals surface area contributed by atoms with Crippen LogP contribution in [0.2, 0.25) is 0 Å². The van der Waals surface area contributed by atoms with Gasteiger partial charge in [0.2, 0.25) is 0 Å². The van der Waals surface area contributed by atoms with E-state index in [1.54, 1.807) is 0 Å². The monoisotopic (exact) mass is 321 g/mol. The third kappa shape index (κ3) is 3.40. The fraction of sp³-hybridized carbons (Fsp3) is 0.333. The molecule has 0 aromatic heterocycles. The van der Waals surface area contributed by atoms with Crippen molar-refractivity contribution in [3.8, 4) is 0 Å². The van der Waals surface area contributed by atoms with Gasteiger partial charge in [0.1, 0.15) is 0 Å². The summed E-state index contributed by atoms with van der Waals surface area (Å²) in [6.07, 6.45) is 0. The van der Waals surface area contributed by atoms with Gasteiger partial charge in [-0.1, -0.05) is 48.5 Å². The number of nitrogens with zero attached hydrogens (tertiary/aromatic N) is 1. The summed E-state index contributed by atoms with van der Waals surface area (Å²) < 4.78 is 2.32. The molecule has 2 aromatic rings. The highest BCUT2D eigenvalue weighted by atomic mass is 16.1. The molecule has 1 N–H and O–H groups in total. The summed E-state index contributed by atoms with van der Waals surface area (Å²) in [4.78, 5) is 12.8.